The Bertz CT molecular complexity index is 209. The van der Waals surface area contributed by atoms with Crippen LogP contribution in [0.15, 0.2) is 0 Å². The summed E-state index contributed by atoms with van der Waals surface area (Å²) in [7, 11) is -2.04. The quantitative estimate of drug-likeness (QED) is 0.476. The smallest absolute Gasteiger partial charge is 0.267 e. The van der Waals surface area contributed by atoms with Gasteiger partial charge in [-0.25, -0.2) is 0 Å². The molecule has 0 aliphatic carbocycles. The number of hydrogen-bond donors (Lipinski definition) is 0. The lowest BCUT2D eigenvalue weighted by Gasteiger charge is -2.09. The Balaban J connectivity index is 3.68. The van der Waals surface area contributed by atoms with E-state index in [1.807, 2.05) is 6.92 Å². The van der Waals surface area contributed by atoms with Crippen LogP contribution in [0.25, 0.3) is 0 Å². The van der Waals surface area contributed by atoms with Crippen molar-refractivity contribution in [2.45, 2.75) is 39.5 Å². The molecule has 0 bridgehead atoms. The zero-order chi connectivity index (χ0) is 10.3. The molecule has 13 heavy (non-hydrogen) atoms. The molecule has 0 rings (SSSR count). The first-order chi connectivity index (χ1) is 6.02. The van der Waals surface area contributed by atoms with Gasteiger partial charge in [0, 0.05) is 0 Å². The van der Waals surface area contributed by atoms with Gasteiger partial charge in [-0.2, -0.15) is 8.42 Å². The Morgan fingerprint density at radius 3 is 2.38 bits per heavy atom. The van der Waals surface area contributed by atoms with Gasteiger partial charge in [0.05, 0.1) is 12.9 Å². The molecule has 0 aromatic heterocycles. The molecular formula is C9H20O3S. The van der Waals surface area contributed by atoms with Crippen LogP contribution in [0, 0.1) is 5.92 Å². The lowest BCUT2D eigenvalue weighted by Crippen LogP contribution is -2.14. The molecule has 0 aromatic carbocycles. The second-order valence-electron chi connectivity index (χ2n) is 3.49. The largest absolute Gasteiger partial charge is 0.273 e. The summed E-state index contributed by atoms with van der Waals surface area (Å²) in [6, 6.07) is 0. The monoisotopic (exact) mass is 208 g/mol. The van der Waals surface area contributed by atoms with Crippen LogP contribution >= 0.6 is 0 Å². The van der Waals surface area contributed by atoms with Crippen LogP contribution in [-0.2, 0) is 14.3 Å². The van der Waals surface area contributed by atoms with Gasteiger partial charge in [-0.1, -0.05) is 33.1 Å². The summed E-state index contributed by atoms with van der Waals surface area (Å²) < 4.78 is 26.4. The highest BCUT2D eigenvalue weighted by molar-refractivity contribution is 7.86. The van der Waals surface area contributed by atoms with Gasteiger partial charge in [-0.3, -0.25) is 4.18 Å². The van der Waals surface area contributed by atoms with Crippen LogP contribution in [-0.4, -0.2) is 21.3 Å². The van der Waals surface area contributed by atoms with E-state index in [2.05, 4.69) is 11.1 Å². The highest BCUT2D eigenvalue weighted by Crippen LogP contribution is 2.11. The summed E-state index contributed by atoms with van der Waals surface area (Å²) in [5, 5.41) is 0. The summed E-state index contributed by atoms with van der Waals surface area (Å²) in [4.78, 5) is 0. The fourth-order valence-electron chi connectivity index (χ4n) is 1.24. The van der Waals surface area contributed by atoms with E-state index in [-0.39, 0.29) is 11.7 Å². The predicted molar refractivity (Wildman–Crippen MR) is 54.1 cm³/mol. The van der Waals surface area contributed by atoms with Crippen LogP contribution in [0.2, 0.25) is 0 Å². The molecule has 4 heteroatoms. The number of unbranched alkanes of at least 4 members (excludes halogenated alkanes) is 2. The molecule has 80 valence electrons. The first kappa shape index (κ1) is 12.9. The van der Waals surface area contributed by atoms with Crippen molar-refractivity contribution in [2.75, 3.05) is 12.9 Å². The Morgan fingerprint density at radius 1 is 1.31 bits per heavy atom. The average molecular weight is 208 g/mol. The summed E-state index contributed by atoms with van der Waals surface area (Å²) >= 11 is 0. The normalized spacial score (nSPS) is 14.4. The van der Waals surface area contributed by atoms with E-state index in [1.54, 1.807) is 0 Å². The maximum absolute atomic E-state index is 11.0. The lowest BCUT2D eigenvalue weighted by molar-refractivity contribution is 0.387. The van der Waals surface area contributed by atoms with Crippen molar-refractivity contribution in [1.29, 1.82) is 0 Å². The van der Waals surface area contributed by atoms with Crippen LogP contribution in [0.5, 0.6) is 0 Å². The fraction of sp³-hybridized carbons (Fsp3) is 1.00. The van der Waals surface area contributed by atoms with Crippen LogP contribution < -0.4 is 0 Å². The van der Waals surface area contributed by atoms with Gasteiger partial charge in [0.2, 0.25) is 0 Å². The Hall–Kier alpha value is -0.0900. The summed E-state index contributed by atoms with van der Waals surface area (Å²) in [5.41, 5.74) is 0. The first-order valence-electron chi connectivity index (χ1n) is 4.80. The molecule has 0 amide bonds. The molecule has 0 aliphatic rings. The molecule has 0 radical (unpaired) electrons. The minimum absolute atomic E-state index is 0.146. The molecule has 0 heterocycles. The van der Waals surface area contributed by atoms with E-state index in [9.17, 15) is 8.42 Å². The van der Waals surface area contributed by atoms with E-state index in [0.29, 0.717) is 0 Å². The van der Waals surface area contributed by atoms with Crippen molar-refractivity contribution < 1.29 is 12.6 Å². The highest BCUT2D eigenvalue weighted by Gasteiger charge is 2.13. The van der Waals surface area contributed by atoms with Gasteiger partial charge >= 0.3 is 0 Å². The Kier molecular flexibility index (Phi) is 6.33. The van der Waals surface area contributed by atoms with Crippen molar-refractivity contribution in [3.63, 3.8) is 0 Å². The number of rotatable bonds is 7. The SMILES string of the molecule is CCCCCC(C)CS(=O)(=O)OC. The topological polar surface area (TPSA) is 43.4 Å². The highest BCUT2D eigenvalue weighted by atomic mass is 32.2. The summed E-state index contributed by atoms with van der Waals surface area (Å²) in [6.45, 7) is 4.09. The molecule has 0 saturated carbocycles. The number of hydrogen-bond acceptors (Lipinski definition) is 3. The maximum atomic E-state index is 11.0. The predicted octanol–water partition coefficient (Wildman–Crippen LogP) is 2.18. The maximum Gasteiger partial charge on any atom is 0.267 e. The third kappa shape index (κ3) is 7.02. The molecule has 0 N–H and O–H groups in total. The lowest BCUT2D eigenvalue weighted by atomic mass is 10.1. The van der Waals surface area contributed by atoms with Gasteiger partial charge in [0.25, 0.3) is 10.1 Å². The Morgan fingerprint density at radius 2 is 1.92 bits per heavy atom. The molecule has 0 fully saturated rings. The fourth-order valence-corrected chi connectivity index (χ4v) is 2.24. The van der Waals surface area contributed by atoms with Gasteiger partial charge in [0.1, 0.15) is 0 Å². The second kappa shape index (κ2) is 6.38. The second-order valence-corrected chi connectivity index (χ2v) is 5.27. The molecule has 0 saturated heterocycles. The third-order valence-corrected chi connectivity index (χ3v) is 3.53. The molecule has 1 unspecified atom stereocenters. The zero-order valence-corrected chi connectivity index (χ0v) is 9.56. The van der Waals surface area contributed by atoms with Crippen LogP contribution in [0.4, 0.5) is 0 Å². The Labute approximate surface area is 81.6 Å². The van der Waals surface area contributed by atoms with Crippen molar-refractivity contribution in [2.24, 2.45) is 5.92 Å². The van der Waals surface area contributed by atoms with Gasteiger partial charge < -0.3 is 0 Å². The molecule has 3 nitrogen and oxygen atoms in total. The van der Waals surface area contributed by atoms with E-state index in [4.69, 9.17) is 0 Å². The minimum atomic E-state index is -3.26. The van der Waals surface area contributed by atoms with E-state index < -0.39 is 10.1 Å². The molecule has 1 atom stereocenters. The minimum Gasteiger partial charge on any atom is -0.273 e. The average Bonchev–Trinajstić information content (AvgIpc) is 2.04. The third-order valence-electron chi connectivity index (χ3n) is 2.04. The van der Waals surface area contributed by atoms with Crippen LogP contribution in [0.3, 0.4) is 0 Å². The van der Waals surface area contributed by atoms with E-state index >= 15 is 0 Å². The van der Waals surface area contributed by atoms with Gasteiger partial charge in [-0.15, -0.1) is 0 Å². The molecule has 0 aromatic rings. The van der Waals surface area contributed by atoms with Crippen molar-refractivity contribution >= 4 is 10.1 Å². The van der Waals surface area contributed by atoms with Crippen molar-refractivity contribution in [1.82, 2.24) is 0 Å². The summed E-state index contributed by atoms with van der Waals surface area (Å²) in [5.74, 6) is 0.351. The standard InChI is InChI=1S/C9H20O3S/c1-4-5-6-7-9(2)8-13(10,11)12-3/h9H,4-8H2,1-3H3. The summed E-state index contributed by atoms with van der Waals surface area (Å²) in [6.07, 6.45) is 4.43. The van der Waals surface area contributed by atoms with Crippen molar-refractivity contribution in [3.05, 3.63) is 0 Å². The van der Waals surface area contributed by atoms with Crippen LogP contribution in [0.1, 0.15) is 39.5 Å². The zero-order valence-electron chi connectivity index (χ0n) is 8.75. The molecule has 0 spiro atoms. The van der Waals surface area contributed by atoms with Gasteiger partial charge in [0.15, 0.2) is 0 Å². The molecule has 0 aliphatic heterocycles. The first-order valence-corrected chi connectivity index (χ1v) is 6.38. The van der Waals surface area contributed by atoms with E-state index in [1.165, 1.54) is 20.0 Å². The molecular weight excluding hydrogens is 188 g/mol. The van der Waals surface area contributed by atoms with E-state index in [0.717, 1.165) is 12.8 Å². The van der Waals surface area contributed by atoms with Crippen molar-refractivity contribution in [3.8, 4) is 0 Å². The van der Waals surface area contributed by atoms with Gasteiger partial charge in [-0.05, 0) is 12.3 Å².